The number of rotatable bonds is 8. The topological polar surface area (TPSA) is 84.5 Å². The van der Waals surface area contributed by atoms with Gasteiger partial charge in [0.2, 0.25) is 10.0 Å². The maximum absolute atomic E-state index is 11.8. The number of sulfonamides is 1. The van der Waals surface area contributed by atoms with Crippen LogP contribution in [-0.4, -0.2) is 28.0 Å². The molecule has 2 N–H and O–H groups in total. The van der Waals surface area contributed by atoms with E-state index in [1.54, 1.807) is 36.4 Å². The fourth-order valence-corrected chi connectivity index (χ4v) is 2.74. The zero-order chi connectivity index (χ0) is 17.4. The summed E-state index contributed by atoms with van der Waals surface area (Å²) in [6.07, 6.45) is 0. The molecule has 0 bridgehead atoms. The van der Waals surface area contributed by atoms with E-state index in [9.17, 15) is 13.2 Å². The molecule has 2 rings (SSSR count). The molecule has 0 atom stereocenters. The van der Waals surface area contributed by atoms with Gasteiger partial charge in [0.25, 0.3) is 5.91 Å². The van der Waals surface area contributed by atoms with Gasteiger partial charge in [0.15, 0.2) is 6.61 Å². The molecule has 0 heterocycles. The van der Waals surface area contributed by atoms with Crippen LogP contribution < -0.4 is 14.8 Å². The van der Waals surface area contributed by atoms with Crippen molar-refractivity contribution in [2.45, 2.75) is 12.3 Å². The summed E-state index contributed by atoms with van der Waals surface area (Å²) in [5.41, 5.74) is 1.57. The fraction of sp³-hybridized carbons (Fsp3) is 0.235. The average Bonchev–Trinajstić information content (AvgIpc) is 2.60. The van der Waals surface area contributed by atoms with E-state index in [1.165, 1.54) is 7.05 Å². The first-order chi connectivity index (χ1) is 11.5. The lowest BCUT2D eigenvalue weighted by molar-refractivity contribution is -0.123. The summed E-state index contributed by atoms with van der Waals surface area (Å²) >= 11 is 0. The SMILES string of the molecule is CNS(=O)(=O)Cc1ccc(CNC(=O)COc2ccccc2)cc1. The molecule has 0 spiro atoms. The third kappa shape index (κ3) is 6.02. The molecule has 0 aliphatic heterocycles. The van der Waals surface area contributed by atoms with E-state index in [0.29, 0.717) is 17.9 Å². The summed E-state index contributed by atoms with van der Waals surface area (Å²) in [5, 5.41) is 2.75. The Balaban J connectivity index is 1.78. The third-order valence-electron chi connectivity index (χ3n) is 3.29. The second-order valence-corrected chi connectivity index (χ2v) is 7.08. The van der Waals surface area contributed by atoms with Crippen LogP contribution in [0.5, 0.6) is 5.75 Å². The van der Waals surface area contributed by atoms with Gasteiger partial charge in [-0.2, -0.15) is 0 Å². The van der Waals surface area contributed by atoms with E-state index >= 15 is 0 Å². The van der Waals surface area contributed by atoms with E-state index in [1.807, 2.05) is 18.2 Å². The molecule has 0 saturated carbocycles. The van der Waals surface area contributed by atoms with E-state index < -0.39 is 10.0 Å². The number of hydrogen-bond donors (Lipinski definition) is 2. The summed E-state index contributed by atoms with van der Waals surface area (Å²) in [6, 6.07) is 16.2. The first-order valence-electron chi connectivity index (χ1n) is 7.42. The highest BCUT2D eigenvalue weighted by Gasteiger charge is 2.08. The molecule has 0 aliphatic rings. The molecule has 2 aromatic rings. The lowest BCUT2D eigenvalue weighted by Gasteiger charge is -2.08. The van der Waals surface area contributed by atoms with Crippen molar-refractivity contribution >= 4 is 15.9 Å². The molecular weight excluding hydrogens is 328 g/mol. The van der Waals surface area contributed by atoms with E-state index in [0.717, 1.165) is 5.56 Å². The number of para-hydroxylation sites is 1. The molecule has 128 valence electrons. The fourth-order valence-electron chi connectivity index (χ4n) is 1.96. The van der Waals surface area contributed by atoms with Gasteiger partial charge in [-0.15, -0.1) is 0 Å². The smallest absolute Gasteiger partial charge is 0.258 e. The van der Waals surface area contributed by atoms with Gasteiger partial charge in [-0.05, 0) is 30.3 Å². The van der Waals surface area contributed by atoms with Crippen molar-refractivity contribution in [3.63, 3.8) is 0 Å². The van der Waals surface area contributed by atoms with E-state index in [-0.39, 0.29) is 18.3 Å². The van der Waals surface area contributed by atoms with E-state index in [4.69, 9.17) is 4.74 Å². The van der Waals surface area contributed by atoms with Crippen molar-refractivity contribution in [1.29, 1.82) is 0 Å². The largest absolute Gasteiger partial charge is 0.484 e. The maximum atomic E-state index is 11.8. The number of amides is 1. The summed E-state index contributed by atoms with van der Waals surface area (Å²) in [5.74, 6) is 0.351. The Kier molecular flexibility index (Phi) is 6.34. The average molecular weight is 348 g/mol. The van der Waals surface area contributed by atoms with Gasteiger partial charge in [-0.25, -0.2) is 13.1 Å². The van der Waals surface area contributed by atoms with Crippen LogP contribution in [0.2, 0.25) is 0 Å². The third-order valence-corrected chi connectivity index (χ3v) is 4.63. The Labute approximate surface area is 141 Å². The zero-order valence-corrected chi connectivity index (χ0v) is 14.2. The van der Waals surface area contributed by atoms with Crippen LogP contribution in [0.4, 0.5) is 0 Å². The molecule has 0 aliphatic carbocycles. The lowest BCUT2D eigenvalue weighted by Crippen LogP contribution is -2.28. The van der Waals surface area contributed by atoms with Crippen molar-refractivity contribution in [1.82, 2.24) is 10.0 Å². The number of carbonyl (C=O) groups excluding carboxylic acids is 1. The second-order valence-electron chi connectivity index (χ2n) is 5.16. The number of carbonyl (C=O) groups is 1. The Hall–Kier alpha value is -2.38. The molecule has 0 radical (unpaired) electrons. The first-order valence-corrected chi connectivity index (χ1v) is 9.07. The lowest BCUT2D eigenvalue weighted by atomic mass is 10.1. The minimum atomic E-state index is -3.28. The van der Waals surface area contributed by atoms with Crippen LogP contribution in [0, 0.1) is 0 Å². The molecule has 1 amide bonds. The molecular formula is C17H20N2O4S. The van der Waals surface area contributed by atoms with Crippen LogP contribution in [0.1, 0.15) is 11.1 Å². The minimum absolute atomic E-state index is 0.0531. The van der Waals surface area contributed by atoms with Gasteiger partial charge in [-0.3, -0.25) is 4.79 Å². The number of hydrogen-bond acceptors (Lipinski definition) is 4. The van der Waals surface area contributed by atoms with Gasteiger partial charge >= 0.3 is 0 Å². The molecule has 0 aromatic heterocycles. The van der Waals surface area contributed by atoms with Gasteiger partial charge in [0.05, 0.1) is 5.75 Å². The normalized spacial score (nSPS) is 11.0. The molecule has 0 fully saturated rings. The predicted octanol–water partition coefficient (Wildman–Crippen LogP) is 1.43. The van der Waals surface area contributed by atoms with Crippen LogP contribution in [0.3, 0.4) is 0 Å². The molecule has 24 heavy (non-hydrogen) atoms. The van der Waals surface area contributed by atoms with E-state index in [2.05, 4.69) is 10.0 Å². The number of ether oxygens (including phenoxy) is 1. The quantitative estimate of drug-likeness (QED) is 0.756. The van der Waals surface area contributed by atoms with Gasteiger partial charge in [-0.1, -0.05) is 42.5 Å². The van der Waals surface area contributed by atoms with Crippen molar-refractivity contribution < 1.29 is 17.9 Å². The van der Waals surface area contributed by atoms with Crippen LogP contribution >= 0.6 is 0 Å². The second kappa shape index (κ2) is 8.47. The number of nitrogens with one attached hydrogen (secondary N) is 2. The summed E-state index contributed by atoms with van der Waals surface area (Å²) in [7, 11) is -1.90. The molecule has 6 nitrogen and oxygen atoms in total. The highest BCUT2D eigenvalue weighted by molar-refractivity contribution is 7.88. The maximum Gasteiger partial charge on any atom is 0.258 e. The standard InChI is InChI=1S/C17H20N2O4S/c1-18-24(21,22)13-15-9-7-14(8-10-15)11-19-17(20)12-23-16-5-3-2-4-6-16/h2-10,18H,11-13H2,1H3,(H,19,20). The van der Waals surface area contributed by atoms with Gasteiger partial charge in [0.1, 0.15) is 5.75 Å². The zero-order valence-electron chi connectivity index (χ0n) is 13.4. The Bertz CT molecular complexity index is 759. The van der Waals surface area contributed by atoms with Crippen LogP contribution in [0.25, 0.3) is 0 Å². The van der Waals surface area contributed by atoms with Crippen molar-refractivity contribution in [2.24, 2.45) is 0 Å². The molecule has 0 unspecified atom stereocenters. The van der Waals surface area contributed by atoms with Crippen LogP contribution in [0.15, 0.2) is 54.6 Å². The Morgan fingerprint density at radius 1 is 1.00 bits per heavy atom. The summed E-state index contributed by atoms with van der Waals surface area (Å²) in [6.45, 7) is 0.304. The van der Waals surface area contributed by atoms with Crippen molar-refractivity contribution in [3.8, 4) is 5.75 Å². The Morgan fingerprint density at radius 2 is 1.62 bits per heavy atom. The van der Waals surface area contributed by atoms with Crippen LogP contribution in [-0.2, 0) is 27.1 Å². The highest BCUT2D eigenvalue weighted by atomic mass is 32.2. The monoisotopic (exact) mass is 348 g/mol. The summed E-state index contributed by atoms with van der Waals surface area (Å²) in [4.78, 5) is 11.8. The van der Waals surface area contributed by atoms with Crippen molar-refractivity contribution in [2.75, 3.05) is 13.7 Å². The van der Waals surface area contributed by atoms with Gasteiger partial charge < -0.3 is 10.1 Å². The highest BCUT2D eigenvalue weighted by Crippen LogP contribution is 2.09. The molecule has 7 heteroatoms. The summed E-state index contributed by atoms with van der Waals surface area (Å²) < 4.78 is 30.6. The Morgan fingerprint density at radius 3 is 2.25 bits per heavy atom. The number of benzene rings is 2. The van der Waals surface area contributed by atoms with Gasteiger partial charge in [0, 0.05) is 6.54 Å². The molecule has 0 saturated heterocycles. The van der Waals surface area contributed by atoms with Crippen molar-refractivity contribution in [3.05, 3.63) is 65.7 Å². The molecule has 2 aromatic carbocycles. The first kappa shape index (κ1) is 18.0. The minimum Gasteiger partial charge on any atom is -0.484 e. The predicted molar refractivity (Wildman–Crippen MR) is 91.9 cm³/mol.